The summed E-state index contributed by atoms with van der Waals surface area (Å²) in [6.45, 7) is 2.00. The molecule has 0 aliphatic heterocycles. The number of amides is 1. The zero-order valence-electron chi connectivity index (χ0n) is 11.1. The third-order valence-corrected chi connectivity index (χ3v) is 3.59. The second kappa shape index (κ2) is 5.46. The molecule has 2 atom stereocenters. The number of hydrogen-bond acceptors (Lipinski definition) is 2. The molecule has 2 rings (SSSR count). The minimum Gasteiger partial charge on any atom is -0.378 e. The number of nitrogens with two attached hydrogens (primary N) is 1. The number of carbonyl (C=O) groups excluding carboxylic acids is 1. The minimum absolute atomic E-state index is 0.259. The lowest BCUT2D eigenvalue weighted by Crippen LogP contribution is -2.38. The maximum Gasteiger partial charge on any atom is 0.220 e. The summed E-state index contributed by atoms with van der Waals surface area (Å²) in [5.74, 6) is 5.33. The first-order valence-corrected chi connectivity index (χ1v) is 6.60. The van der Waals surface area contributed by atoms with Crippen LogP contribution in [0.15, 0.2) is 24.3 Å². The molecule has 1 aliphatic carbocycles. The minimum atomic E-state index is -1.08. The molecule has 1 aromatic rings. The molecule has 3 heteroatoms. The Morgan fingerprint density at radius 3 is 3.00 bits per heavy atom. The molecular weight excluding hydrogens is 238 g/mol. The second-order valence-corrected chi connectivity index (χ2v) is 5.35. The van der Waals surface area contributed by atoms with Crippen LogP contribution in [0.4, 0.5) is 0 Å². The molecule has 0 radical (unpaired) electrons. The van der Waals surface area contributed by atoms with Crippen LogP contribution in [0.3, 0.4) is 0 Å². The van der Waals surface area contributed by atoms with Gasteiger partial charge in [0.2, 0.25) is 5.91 Å². The van der Waals surface area contributed by atoms with Gasteiger partial charge < -0.3 is 10.8 Å². The summed E-state index contributed by atoms with van der Waals surface area (Å²) in [6.07, 6.45) is 2.49. The van der Waals surface area contributed by atoms with E-state index in [0.29, 0.717) is 12.8 Å². The molecule has 3 nitrogen and oxygen atoms in total. The number of rotatable bonds is 1. The Morgan fingerprint density at radius 2 is 2.32 bits per heavy atom. The van der Waals surface area contributed by atoms with Crippen molar-refractivity contribution in [2.24, 2.45) is 11.7 Å². The lowest BCUT2D eigenvalue weighted by Gasteiger charge is -2.31. The van der Waals surface area contributed by atoms with Crippen LogP contribution in [-0.2, 0) is 4.79 Å². The van der Waals surface area contributed by atoms with Gasteiger partial charge in [0.1, 0.15) is 5.60 Å². The first-order valence-electron chi connectivity index (χ1n) is 6.60. The molecular formula is C16H19NO2. The van der Waals surface area contributed by atoms with Crippen molar-refractivity contribution in [2.45, 2.75) is 38.2 Å². The van der Waals surface area contributed by atoms with E-state index >= 15 is 0 Å². The third kappa shape index (κ3) is 3.59. The molecule has 1 aliphatic rings. The van der Waals surface area contributed by atoms with E-state index in [9.17, 15) is 9.90 Å². The molecule has 0 unspecified atom stereocenters. The lowest BCUT2D eigenvalue weighted by molar-refractivity contribution is -0.125. The quantitative estimate of drug-likeness (QED) is 0.753. The average molecular weight is 257 g/mol. The number of aryl methyl sites for hydroxylation is 1. The predicted octanol–water partition coefficient (Wildman–Crippen LogP) is 1.75. The summed E-state index contributed by atoms with van der Waals surface area (Å²) in [5.41, 5.74) is 6.26. The van der Waals surface area contributed by atoms with Crippen molar-refractivity contribution >= 4 is 5.91 Å². The standard InChI is InChI=1S/C16H19NO2/c1-12-4-2-5-13(10-12)7-9-16(19)8-3-6-14(11-16)15(17)18/h2,4-5,10,14,19H,3,6,8,11H2,1H3,(H2,17,18)/t14-,16+/m1/s1. The van der Waals surface area contributed by atoms with Gasteiger partial charge in [-0.15, -0.1) is 0 Å². The van der Waals surface area contributed by atoms with Crippen LogP contribution in [0.2, 0.25) is 0 Å². The molecule has 19 heavy (non-hydrogen) atoms. The van der Waals surface area contributed by atoms with E-state index in [1.54, 1.807) is 0 Å². The predicted molar refractivity (Wildman–Crippen MR) is 74.2 cm³/mol. The van der Waals surface area contributed by atoms with E-state index < -0.39 is 5.60 Å². The fourth-order valence-electron chi connectivity index (χ4n) is 2.52. The van der Waals surface area contributed by atoms with E-state index in [1.807, 2.05) is 31.2 Å². The van der Waals surface area contributed by atoms with Crippen LogP contribution >= 0.6 is 0 Å². The van der Waals surface area contributed by atoms with Gasteiger partial charge in [-0.25, -0.2) is 0 Å². The first-order chi connectivity index (χ1) is 8.98. The van der Waals surface area contributed by atoms with Crippen LogP contribution in [0.25, 0.3) is 0 Å². The van der Waals surface area contributed by atoms with Crippen LogP contribution in [0, 0.1) is 24.7 Å². The summed E-state index contributed by atoms with van der Waals surface area (Å²) in [5, 5.41) is 10.4. The van der Waals surface area contributed by atoms with Crippen molar-refractivity contribution in [1.82, 2.24) is 0 Å². The van der Waals surface area contributed by atoms with Crippen molar-refractivity contribution in [3.05, 3.63) is 35.4 Å². The Bertz CT molecular complexity index is 541. The molecule has 0 saturated heterocycles. The average Bonchev–Trinajstić information content (AvgIpc) is 2.37. The van der Waals surface area contributed by atoms with Gasteiger partial charge in [-0.2, -0.15) is 0 Å². The van der Waals surface area contributed by atoms with Gasteiger partial charge in [0.15, 0.2) is 0 Å². The zero-order chi connectivity index (χ0) is 13.9. The van der Waals surface area contributed by atoms with E-state index in [-0.39, 0.29) is 11.8 Å². The van der Waals surface area contributed by atoms with Crippen LogP contribution < -0.4 is 5.73 Å². The van der Waals surface area contributed by atoms with Crippen LogP contribution in [0.5, 0.6) is 0 Å². The largest absolute Gasteiger partial charge is 0.378 e. The smallest absolute Gasteiger partial charge is 0.220 e. The van der Waals surface area contributed by atoms with Crippen molar-refractivity contribution in [1.29, 1.82) is 0 Å². The van der Waals surface area contributed by atoms with Gasteiger partial charge in [-0.05, 0) is 50.3 Å². The second-order valence-electron chi connectivity index (χ2n) is 5.35. The van der Waals surface area contributed by atoms with E-state index in [2.05, 4.69) is 11.8 Å². The molecule has 0 spiro atoms. The molecule has 3 N–H and O–H groups in total. The summed E-state index contributed by atoms with van der Waals surface area (Å²) in [6, 6.07) is 7.84. The SMILES string of the molecule is Cc1cccc(C#C[C@@]2(O)CCC[C@@H](C(N)=O)C2)c1. The number of carbonyl (C=O) groups is 1. The summed E-state index contributed by atoms with van der Waals surface area (Å²) in [4.78, 5) is 11.2. The monoisotopic (exact) mass is 257 g/mol. The fraction of sp³-hybridized carbons (Fsp3) is 0.438. The fourth-order valence-corrected chi connectivity index (χ4v) is 2.52. The van der Waals surface area contributed by atoms with Crippen LogP contribution in [-0.4, -0.2) is 16.6 Å². The van der Waals surface area contributed by atoms with Crippen molar-refractivity contribution in [3.8, 4) is 11.8 Å². The lowest BCUT2D eigenvalue weighted by atomic mass is 9.78. The maximum atomic E-state index is 11.2. The highest BCUT2D eigenvalue weighted by Crippen LogP contribution is 2.31. The molecule has 100 valence electrons. The topological polar surface area (TPSA) is 63.3 Å². The molecule has 0 bridgehead atoms. The van der Waals surface area contributed by atoms with Gasteiger partial charge in [0, 0.05) is 11.5 Å². The van der Waals surface area contributed by atoms with Gasteiger partial charge in [-0.3, -0.25) is 4.79 Å². The Hall–Kier alpha value is -1.79. The van der Waals surface area contributed by atoms with Gasteiger partial charge >= 0.3 is 0 Å². The van der Waals surface area contributed by atoms with E-state index in [4.69, 9.17) is 5.73 Å². The molecule has 1 aromatic carbocycles. The van der Waals surface area contributed by atoms with E-state index in [1.165, 1.54) is 0 Å². The molecule has 1 amide bonds. The third-order valence-electron chi connectivity index (χ3n) is 3.59. The van der Waals surface area contributed by atoms with E-state index in [0.717, 1.165) is 24.0 Å². The van der Waals surface area contributed by atoms with Crippen molar-refractivity contribution in [2.75, 3.05) is 0 Å². The Balaban J connectivity index is 2.15. The van der Waals surface area contributed by atoms with Crippen molar-refractivity contribution in [3.63, 3.8) is 0 Å². The normalized spacial score (nSPS) is 26.3. The molecule has 0 aromatic heterocycles. The zero-order valence-corrected chi connectivity index (χ0v) is 11.1. The summed E-state index contributed by atoms with van der Waals surface area (Å²) in [7, 11) is 0. The molecule has 1 fully saturated rings. The van der Waals surface area contributed by atoms with Gasteiger partial charge in [0.25, 0.3) is 0 Å². The van der Waals surface area contributed by atoms with Gasteiger partial charge in [-0.1, -0.05) is 24.0 Å². The number of hydrogen-bond donors (Lipinski definition) is 2. The number of aliphatic hydroxyl groups is 1. The number of benzene rings is 1. The Kier molecular flexibility index (Phi) is 3.92. The Morgan fingerprint density at radius 1 is 1.53 bits per heavy atom. The highest BCUT2D eigenvalue weighted by atomic mass is 16.3. The summed E-state index contributed by atoms with van der Waals surface area (Å²) < 4.78 is 0. The van der Waals surface area contributed by atoms with Crippen molar-refractivity contribution < 1.29 is 9.90 Å². The number of primary amides is 1. The van der Waals surface area contributed by atoms with Crippen LogP contribution in [0.1, 0.15) is 36.8 Å². The highest BCUT2D eigenvalue weighted by molar-refractivity contribution is 5.77. The maximum absolute atomic E-state index is 11.2. The van der Waals surface area contributed by atoms with Gasteiger partial charge in [0.05, 0.1) is 0 Å². The molecule has 1 saturated carbocycles. The summed E-state index contributed by atoms with van der Waals surface area (Å²) >= 11 is 0. The Labute approximate surface area is 113 Å². The first kappa shape index (κ1) is 13.6. The highest BCUT2D eigenvalue weighted by Gasteiger charge is 2.35. The molecule has 0 heterocycles.